The molecule has 1 rings (SSSR count). The second-order valence-electron chi connectivity index (χ2n) is 2.77. The van der Waals surface area contributed by atoms with Crippen molar-refractivity contribution in [2.24, 2.45) is 0 Å². The summed E-state index contributed by atoms with van der Waals surface area (Å²) in [5.74, 6) is 0. The van der Waals surface area contributed by atoms with E-state index in [0.29, 0.717) is 6.04 Å². The molecule has 0 N–H and O–H groups in total. The fraction of sp³-hybridized carbons (Fsp3) is 0.875. The molecule has 0 aromatic carbocycles. The maximum absolute atomic E-state index is 6.82. The zero-order valence-electron chi connectivity index (χ0n) is 5.77. The van der Waals surface area contributed by atoms with Crippen LogP contribution < -0.4 is 0 Å². The summed E-state index contributed by atoms with van der Waals surface area (Å²) in [4.78, 5) is 3.56. The second kappa shape index (κ2) is 3.50. The molecule has 1 fully saturated rings. The highest BCUT2D eigenvalue weighted by Crippen LogP contribution is 2.19. The summed E-state index contributed by atoms with van der Waals surface area (Å²) in [5, 5.41) is 0. The lowest BCUT2D eigenvalue weighted by Gasteiger charge is -1.96. The van der Waals surface area contributed by atoms with Gasteiger partial charge in [0.1, 0.15) is 0 Å². The predicted octanol–water partition coefficient (Wildman–Crippen LogP) is 2.63. The number of rotatable bonds is 0. The van der Waals surface area contributed by atoms with Crippen LogP contribution in [-0.2, 0) is 0 Å². The molecule has 1 aliphatic carbocycles. The number of hydrogen-bond donors (Lipinski definition) is 0. The Labute approximate surface area is 56.9 Å². The van der Waals surface area contributed by atoms with Crippen molar-refractivity contribution in [2.75, 3.05) is 0 Å². The molecular weight excluding hydrogens is 110 g/mol. The van der Waals surface area contributed by atoms with E-state index in [0.717, 1.165) is 12.8 Å². The summed E-state index contributed by atoms with van der Waals surface area (Å²) in [5.41, 5.74) is 0. The van der Waals surface area contributed by atoms with Crippen molar-refractivity contribution < 1.29 is 0 Å². The highest BCUT2D eigenvalue weighted by Gasteiger charge is 2.14. The van der Waals surface area contributed by atoms with Crippen LogP contribution in [0.25, 0.3) is 4.85 Å². The zero-order chi connectivity index (χ0) is 6.53. The molecular formula is C8H13N. The molecule has 0 unspecified atom stereocenters. The summed E-state index contributed by atoms with van der Waals surface area (Å²) < 4.78 is 0. The molecule has 0 saturated heterocycles. The molecule has 1 heteroatoms. The molecule has 0 aromatic rings. The van der Waals surface area contributed by atoms with Crippen molar-refractivity contribution in [1.82, 2.24) is 0 Å². The van der Waals surface area contributed by atoms with Crippen molar-refractivity contribution in [3.8, 4) is 0 Å². The summed E-state index contributed by atoms with van der Waals surface area (Å²) in [6.07, 6.45) is 7.59. The van der Waals surface area contributed by atoms with Crippen LogP contribution in [-0.4, -0.2) is 6.04 Å². The first kappa shape index (κ1) is 6.61. The van der Waals surface area contributed by atoms with E-state index in [4.69, 9.17) is 6.57 Å². The van der Waals surface area contributed by atoms with Gasteiger partial charge < -0.3 is 4.85 Å². The first-order chi connectivity index (χ1) is 4.43. The molecule has 1 aliphatic rings. The molecule has 1 saturated carbocycles. The molecule has 0 bridgehead atoms. The molecule has 1 nitrogen and oxygen atoms in total. The first-order valence-corrected chi connectivity index (χ1v) is 3.80. The minimum atomic E-state index is 0.368. The van der Waals surface area contributed by atoms with Gasteiger partial charge in [-0.3, -0.25) is 0 Å². The standard InChI is InChI=1S/C8H13N/c1-9-8-6-4-2-3-5-7-8/h8H,2-7H2. The van der Waals surface area contributed by atoms with Crippen LogP contribution in [0.15, 0.2) is 0 Å². The first-order valence-electron chi connectivity index (χ1n) is 3.80. The van der Waals surface area contributed by atoms with Gasteiger partial charge in [-0.25, -0.2) is 6.57 Å². The second-order valence-corrected chi connectivity index (χ2v) is 2.77. The summed E-state index contributed by atoms with van der Waals surface area (Å²) >= 11 is 0. The fourth-order valence-corrected chi connectivity index (χ4v) is 1.39. The minimum absolute atomic E-state index is 0.368. The Morgan fingerprint density at radius 3 is 2.00 bits per heavy atom. The van der Waals surface area contributed by atoms with Crippen molar-refractivity contribution in [3.63, 3.8) is 0 Å². The summed E-state index contributed by atoms with van der Waals surface area (Å²) in [7, 11) is 0. The lowest BCUT2D eigenvalue weighted by Crippen LogP contribution is -1.97. The normalized spacial score (nSPS) is 22.6. The maximum atomic E-state index is 6.82. The molecule has 0 amide bonds. The third kappa shape index (κ3) is 2.05. The van der Waals surface area contributed by atoms with E-state index in [-0.39, 0.29) is 0 Å². The highest BCUT2D eigenvalue weighted by atomic mass is 14.7. The monoisotopic (exact) mass is 123 g/mol. The summed E-state index contributed by atoms with van der Waals surface area (Å²) in [6, 6.07) is 0.368. The van der Waals surface area contributed by atoms with E-state index in [9.17, 15) is 0 Å². The third-order valence-corrected chi connectivity index (χ3v) is 2.01. The van der Waals surface area contributed by atoms with Gasteiger partial charge in [0.05, 0.1) is 0 Å². The Hall–Kier alpha value is -0.510. The van der Waals surface area contributed by atoms with Crippen LogP contribution in [0, 0.1) is 6.57 Å². The molecule has 0 radical (unpaired) electrons. The van der Waals surface area contributed by atoms with Crippen LogP contribution in [0.2, 0.25) is 0 Å². The Kier molecular flexibility index (Phi) is 2.57. The largest absolute Gasteiger partial charge is 0.314 e. The van der Waals surface area contributed by atoms with Crippen LogP contribution in [0.4, 0.5) is 0 Å². The van der Waals surface area contributed by atoms with Crippen LogP contribution in [0.3, 0.4) is 0 Å². The van der Waals surface area contributed by atoms with Gasteiger partial charge >= 0.3 is 0 Å². The van der Waals surface area contributed by atoms with Gasteiger partial charge in [-0.2, -0.15) is 0 Å². The van der Waals surface area contributed by atoms with E-state index in [1.54, 1.807) is 0 Å². The SMILES string of the molecule is [C-]#[N+]C1CCCCCC1. The van der Waals surface area contributed by atoms with Crippen molar-refractivity contribution in [3.05, 3.63) is 11.4 Å². The van der Waals surface area contributed by atoms with Gasteiger partial charge in [0, 0.05) is 12.8 Å². The Morgan fingerprint density at radius 1 is 1.00 bits per heavy atom. The van der Waals surface area contributed by atoms with Gasteiger partial charge in [0.2, 0.25) is 6.04 Å². The molecule has 0 heterocycles. The zero-order valence-corrected chi connectivity index (χ0v) is 5.77. The van der Waals surface area contributed by atoms with Crippen molar-refractivity contribution in [2.45, 2.75) is 44.6 Å². The van der Waals surface area contributed by atoms with Gasteiger partial charge in [0.25, 0.3) is 0 Å². The average Bonchev–Trinajstić information content (AvgIpc) is 2.13. The quantitative estimate of drug-likeness (QED) is 0.344. The number of hydrogen-bond acceptors (Lipinski definition) is 0. The van der Waals surface area contributed by atoms with E-state index < -0.39 is 0 Å². The molecule has 0 atom stereocenters. The topological polar surface area (TPSA) is 4.36 Å². The van der Waals surface area contributed by atoms with E-state index in [1.807, 2.05) is 0 Å². The summed E-state index contributed by atoms with van der Waals surface area (Å²) in [6.45, 7) is 6.82. The Morgan fingerprint density at radius 2 is 1.56 bits per heavy atom. The lowest BCUT2D eigenvalue weighted by molar-refractivity contribution is 0.654. The van der Waals surface area contributed by atoms with Crippen LogP contribution >= 0.6 is 0 Å². The lowest BCUT2D eigenvalue weighted by atomic mass is 10.1. The van der Waals surface area contributed by atoms with Crippen LogP contribution in [0.1, 0.15) is 38.5 Å². The predicted molar refractivity (Wildman–Crippen MR) is 38.1 cm³/mol. The molecule has 50 valence electrons. The van der Waals surface area contributed by atoms with Crippen LogP contribution in [0.5, 0.6) is 0 Å². The fourth-order valence-electron chi connectivity index (χ4n) is 1.39. The Balaban J connectivity index is 2.29. The Bertz CT molecular complexity index is 104. The van der Waals surface area contributed by atoms with E-state index >= 15 is 0 Å². The maximum Gasteiger partial charge on any atom is 0.223 e. The molecule has 0 aliphatic heterocycles. The third-order valence-electron chi connectivity index (χ3n) is 2.01. The van der Waals surface area contributed by atoms with E-state index in [1.165, 1.54) is 25.7 Å². The molecule has 0 spiro atoms. The molecule has 9 heavy (non-hydrogen) atoms. The molecule has 0 aromatic heterocycles. The smallest absolute Gasteiger partial charge is 0.223 e. The van der Waals surface area contributed by atoms with Crippen molar-refractivity contribution >= 4 is 0 Å². The van der Waals surface area contributed by atoms with Gasteiger partial charge in [-0.05, 0) is 12.8 Å². The van der Waals surface area contributed by atoms with Gasteiger partial charge in [-0.1, -0.05) is 12.8 Å². The number of nitrogens with zero attached hydrogens (tertiary/aromatic N) is 1. The van der Waals surface area contributed by atoms with Crippen molar-refractivity contribution in [1.29, 1.82) is 0 Å². The highest BCUT2D eigenvalue weighted by molar-refractivity contribution is 4.79. The van der Waals surface area contributed by atoms with E-state index in [2.05, 4.69) is 4.85 Å². The van der Waals surface area contributed by atoms with Gasteiger partial charge in [-0.15, -0.1) is 0 Å². The minimum Gasteiger partial charge on any atom is -0.314 e. The van der Waals surface area contributed by atoms with Gasteiger partial charge in [0.15, 0.2) is 0 Å². The average molecular weight is 123 g/mol.